The van der Waals surface area contributed by atoms with Crippen LogP contribution in [-0.2, 0) is 9.84 Å². The number of sulfone groups is 1. The molecule has 14 heavy (non-hydrogen) atoms. The minimum absolute atomic E-state index is 0.142. The van der Waals surface area contributed by atoms with Crippen LogP contribution in [0.1, 0.15) is 0 Å². The number of aliphatic hydroxyl groups is 1. The van der Waals surface area contributed by atoms with Crippen LogP contribution in [0.2, 0.25) is 5.02 Å². The predicted octanol–water partition coefficient (Wildman–Crippen LogP) is 1.25. The molecule has 0 aliphatic heterocycles. The maximum Gasteiger partial charge on any atom is 0.183 e. The lowest BCUT2D eigenvalue weighted by molar-refractivity contribution is 0.319. The van der Waals surface area contributed by atoms with Crippen LogP contribution in [0.4, 0.5) is 4.39 Å². The van der Waals surface area contributed by atoms with Gasteiger partial charge in [-0.05, 0) is 18.2 Å². The van der Waals surface area contributed by atoms with Crippen LogP contribution in [0.25, 0.3) is 0 Å². The Morgan fingerprint density at radius 1 is 1.43 bits per heavy atom. The second-order valence-corrected chi connectivity index (χ2v) is 5.13. The first-order chi connectivity index (χ1) is 6.47. The molecular weight excluding hydrogens is 231 g/mol. The van der Waals surface area contributed by atoms with E-state index in [0.717, 1.165) is 12.1 Å². The highest BCUT2D eigenvalue weighted by Crippen LogP contribution is 2.20. The summed E-state index contributed by atoms with van der Waals surface area (Å²) in [6.07, 6.45) is 0. The predicted molar refractivity (Wildman–Crippen MR) is 50.5 cm³/mol. The van der Waals surface area contributed by atoms with Gasteiger partial charge in [-0.1, -0.05) is 11.6 Å². The molecule has 0 saturated carbocycles. The molecule has 1 aromatic carbocycles. The summed E-state index contributed by atoms with van der Waals surface area (Å²) in [5.41, 5.74) is 0. The van der Waals surface area contributed by atoms with Gasteiger partial charge in [0.1, 0.15) is 10.7 Å². The fourth-order valence-corrected chi connectivity index (χ4v) is 2.31. The van der Waals surface area contributed by atoms with Gasteiger partial charge in [0.05, 0.1) is 12.4 Å². The first-order valence-electron chi connectivity index (χ1n) is 3.76. The lowest BCUT2D eigenvalue weighted by Gasteiger charge is -2.03. The molecule has 78 valence electrons. The number of aliphatic hydroxyl groups excluding tert-OH is 1. The number of hydrogen-bond donors (Lipinski definition) is 1. The Balaban J connectivity index is 3.25. The molecule has 6 heteroatoms. The minimum Gasteiger partial charge on any atom is -0.395 e. The van der Waals surface area contributed by atoms with Crippen molar-refractivity contribution in [1.82, 2.24) is 0 Å². The van der Waals surface area contributed by atoms with E-state index in [4.69, 9.17) is 16.7 Å². The summed E-state index contributed by atoms with van der Waals surface area (Å²) in [5.74, 6) is -1.37. The van der Waals surface area contributed by atoms with Crippen molar-refractivity contribution < 1.29 is 17.9 Å². The zero-order chi connectivity index (χ0) is 10.8. The molecule has 1 aromatic rings. The van der Waals surface area contributed by atoms with Gasteiger partial charge in [-0.15, -0.1) is 0 Å². The lowest BCUT2D eigenvalue weighted by atomic mass is 10.3. The molecule has 0 aliphatic rings. The molecule has 0 saturated heterocycles. The van der Waals surface area contributed by atoms with E-state index >= 15 is 0 Å². The van der Waals surface area contributed by atoms with Gasteiger partial charge < -0.3 is 5.11 Å². The number of benzene rings is 1. The van der Waals surface area contributed by atoms with Crippen LogP contribution >= 0.6 is 11.6 Å². The molecule has 3 nitrogen and oxygen atoms in total. The second-order valence-electron chi connectivity index (χ2n) is 2.62. The van der Waals surface area contributed by atoms with Gasteiger partial charge in [0.25, 0.3) is 0 Å². The summed E-state index contributed by atoms with van der Waals surface area (Å²) in [5, 5.41) is 8.63. The van der Waals surface area contributed by atoms with Crippen molar-refractivity contribution in [3.8, 4) is 0 Å². The normalized spacial score (nSPS) is 11.6. The van der Waals surface area contributed by atoms with E-state index < -0.39 is 32.9 Å². The van der Waals surface area contributed by atoms with Crippen LogP contribution in [0.5, 0.6) is 0 Å². The molecule has 1 rings (SSSR count). The SMILES string of the molecule is O=S(=O)(CCO)c1cc(Cl)ccc1F. The summed E-state index contributed by atoms with van der Waals surface area (Å²) < 4.78 is 35.8. The molecule has 0 spiro atoms. The van der Waals surface area contributed by atoms with Crippen molar-refractivity contribution in [2.75, 3.05) is 12.4 Å². The average Bonchev–Trinajstić information content (AvgIpc) is 2.09. The smallest absolute Gasteiger partial charge is 0.183 e. The van der Waals surface area contributed by atoms with Crippen molar-refractivity contribution in [2.24, 2.45) is 0 Å². The zero-order valence-corrected chi connectivity index (χ0v) is 8.65. The highest BCUT2D eigenvalue weighted by molar-refractivity contribution is 7.91. The van der Waals surface area contributed by atoms with Crippen molar-refractivity contribution >= 4 is 21.4 Å². The summed E-state index contributed by atoms with van der Waals surface area (Å²) in [6, 6.07) is 3.27. The van der Waals surface area contributed by atoms with Crippen molar-refractivity contribution in [3.05, 3.63) is 29.0 Å². The van der Waals surface area contributed by atoms with Gasteiger partial charge in [0, 0.05) is 5.02 Å². The van der Waals surface area contributed by atoms with E-state index in [0.29, 0.717) is 0 Å². The molecule has 0 aromatic heterocycles. The Labute approximate surface area is 86.0 Å². The first-order valence-corrected chi connectivity index (χ1v) is 5.79. The van der Waals surface area contributed by atoms with Gasteiger partial charge >= 0.3 is 0 Å². The molecule has 0 aliphatic carbocycles. The van der Waals surface area contributed by atoms with Crippen molar-refractivity contribution in [3.63, 3.8) is 0 Å². The van der Waals surface area contributed by atoms with E-state index in [1.165, 1.54) is 6.07 Å². The minimum atomic E-state index is -3.77. The number of rotatable bonds is 3. The first kappa shape index (κ1) is 11.4. The topological polar surface area (TPSA) is 54.4 Å². The largest absolute Gasteiger partial charge is 0.395 e. The van der Waals surface area contributed by atoms with E-state index in [-0.39, 0.29) is 5.02 Å². The van der Waals surface area contributed by atoms with Crippen LogP contribution in [0, 0.1) is 5.82 Å². The van der Waals surface area contributed by atoms with Gasteiger partial charge in [-0.25, -0.2) is 12.8 Å². The van der Waals surface area contributed by atoms with Crippen LogP contribution in [0.15, 0.2) is 23.1 Å². The number of hydrogen-bond acceptors (Lipinski definition) is 3. The fraction of sp³-hybridized carbons (Fsp3) is 0.250. The fourth-order valence-electron chi connectivity index (χ4n) is 0.946. The Bertz CT molecular complexity index is 430. The molecule has 0 fully saturated rings. The van der Waals surface area contributed by atoms with Crippen LogP contribution in [-0.4, -0.2) is 25.9 Å². The van der Waals surface area contributed by atoms with Crippen molar-refractivity contribution in [2.45, 2.75) is 4.90 Å². The highest BCUT2D eigenvalue weighted by atomic mass is 35.5. The Morgan fingerprint density at radius 2 is 2.07 bits per heavy atom. The Morgan fingerprint density at radius 3 is 2.64 bits per heavy atom. The van der Waals surface area contributed by atoms with Crippen LogP contribution < -0.4 is 0 Å². The van der Waals surface area contributed by atoms with Crippen LogP contribution in [0.3, 0.4) is 0 Å². The Kier molecular flexibility index (Phi) is 3.47. The van der Waals surface area contributed by atoms with E-state index in [9.17, 15) is 12.8 Å². The maximum absolute atomic E-state index is 13.1. The highest BCUT2D eigenvalue weighted by Gasteiger charge is 2.18. The molecular formula is C8H8ClFO3S. The van der Waals surface area contributed by atoms with Gasteiger partial charge in [0.15, 0.2) is 9.84 Å². The van der Waals surface area contributed by atoms with Gasteiger partial charge in [-0.2, -0.15) is 0 Å². The molecule has 0 atom stereocenters. The third kappa shape index (κ3) is 2.43. The summed E-state index contributed by atoms with van der Waals surface area (Å²) in [7, 11) is -3.77. The molecule has 1 N–H and O–H groups in total. The molecule has 0 heterocycles. The molecule has 0 unspecified atom stereocenters. The maximum atomic E-state index is 13.1. The molecule has 0 amide bonds. The summed E-state index contributed by atoms with van der Waals surface area (Å²) in [4.78, 5) is -0.473. The number of halogens is 2. The quantitative estimate of drug-likeness (QED) is 0.862. The van der Waals surface area contributed by atoms with E-state index in [1.807, 2.05) is 0 Å². The monoisotopic (exact) mass is 238 g/mol. The second kappa shape index (κ2) is 4.25. The van der Waals surface area contributed by atoms with Crippen molar-refractivity contribution in [1.29, 1.82) is 0 Å². The third-order valence-electron chi connectivity index (χ3n) is 1.59. The zero-order valence-electron chi connectivity index (χ0n) is 7.07. The Hall–Kier alpha value is -0.650. The summed E-state index contributed by atoms with van der Waals surface area (Å²) in [6.45, 7) is -0.547. The standard InChI is InChI=1S/C8H8ClFO3S/c9-6-1-2-7(10)8(5-6)14(12,13)4-3-11/h1-2,5,11H,3-4H2. The van der Waals surface area contributed by atoms with Gasteiger partial charge in [0.2, 0.25) is 0 Å². The summed E-state index contributed by atoms with van der Waals surface area (Å²) >= 11 is 5.53. The lowest BCUT2D eigenvalue weighted by Crippen LogP contribution is -2.11. The van der Waals surface area contributed by atoms with E-state index in [1.54, 1.807) is 0 Å². The third-order valence-corrected chi connectivity index (χ3v) is 3.53. The average molecular weight is 239 g/mol. The molecule has 0 radical (unpaired) electrons. The van der Waals surface area contributed by atoms with Gasteiger partial charge in [-0.3, -0.25) is 0 Å². The van der Waals surface area contributed by atoms with E-state index in [2.05, 4.69) is 0 Å². The molecule has 0 bridgehead atoms.